The molecule has 16 heavy (non-hydrogen) atoms. The van der Waals surface area contributed by atoms with Crippen LogP contribution in [0, 0.1) is 5.92 Å². The van der Waals surface area contributed by atoms with Gasteiger partial charge in [0.2, 0.25) is 5.91 Å². The molecular weight excluding hydrogens is 221 g/mol. The Kier molecular flexibility index (Phi) is 4.58. The fraction of sp³-hybridized carbons (Fsp3) is 0.900. The van der Waals surface area contributed by atoms with Crippen molar-refractivity contribution in [2.24, 2.45) is 11.7 Å². The van der Waals surface area contributed by atoms with Crippen LogP contribution in [-0.4, -0.2) is 24.7 Å². The summed E-state index contributed by atoms with van der Waals surface area (Å²) in [7, 11) is 0. The highest BCUT2D eigenvalue weighted by atomic mass is 19.4. The van der Waals surface area contributed by atoms with Crippen LogP contribution < -0.4 is 11.1 Å². The molecule has 6 heteroatoms. The minimum atomic E-state index is -4.36. The van der Waals surface area contributed by atoms with Gasteiger partial charge in [0.15, 0.2) is 0 Å². The van der Waals surface area contributed by atoms with Gasteiger partial charge in [0.1, 0.15) is 6.54 Å². The molecule has 0 aliphatic heterocycles. The Morgan fingerprint density at radius 2 is 1.88 bits per heavy atom. The van der Waals surface area contributed by atoms with Crippen LogP contribution in [-0.2, 0) is 4.79 Å². The highest BCUT2D eigenvalue weighted by molar-refractivity contribution is 5.79. The maximum Gasteiger partial charge on any atom is 0.405 e. The van der Waals surface area contributed by atoms with Crippen LogP contribution >= 0.6 is 0 Å². The molecule has 3 N–H and O–H groups in total. The van der Waals surface area contributed by atoms with Gasteiger partial charge in [0.05, 0.1) is 5.92 Å². The average molecular weight is 238 g/mol. The molecule has 0 aromatic rings. The van der Waals surface area contributed by atoms with Gasteiger partial charge in [-0.1, -0.05) is 19.3 Å². The Hall–Kier alpha value is -0.780. The van der Waals surface area contributed by atoms with E-state index in [0.29, 0.717) is 12.8 Å². The van der Waals surface area contributed by atoms with Crippen LogP contribution in [0.3, 0.4) is 0 Å². The lowest BCUT2D eigenvalue weighted by Crippen LogP contribution is -2.44. The van der Waals surface area contributed by atoms with Crippen LogP contribution in [0.25, 0.3) is 0 Å². The number of halogens is 3. The van der Waals surface area contributed by atoms with Crippen LogP contribution in [0.4, 0.5) is 13.2 Å². The maximum atomic E-state index is 11.9. The second-order valence-electron chi connectivity index (χ2n) is 4.24. The number of carbonyl (C=O) groups excluding carboxylic acids is 1. The first-order valence-electron chi connectivity index (χ1n) is 5.50. The van der Waals surface area contributed by atoms with E-state index >= 15 is 0 Å². The minimum absolute atomic E-state index is 0.310. The van der Waals surface area contributed by atoms with Gasteiger partial charge in [0.25, 0.3) is 0 Å². The van der Waals surface area contributed by atoms with Crippen molar-refractivity contribution in [3.05, 3.63) is 0 Å². The first kappa shape index (κ1) is 13.3. The second kappa shape index (κ2) is 5.52. The van der Waals surface area contributed by atoms with Gasteiger partial charge in [-0.2, -0.15) is 13.2 Å². The molecular formula is C10H17F3N2O. The van der Waals surface area contributed by atoms with E-state index in [9.17, 15) is 18.0 Å². The summed E-state index contributed by atoms with van der Waals surface area (Å²) in [6, 6.07) is -0.310. The topological polar surface area (TPSA) is 55.1 Å². The number of hydrogen-bond acceptors (Lipinski definition) is 2. The molecule has 1 aliphatic carbocycles. The van der Waals surface area contributed by atoms with E-state index in [-0.39, 0.29) is 6.04 Å². The standard InChI is InChI=1S/C10H17F3N2O/c11-10(12,13)6-15-9(16)7-4-2-1-3-5-8(7)14/h7-8H,1-6,14H2,(H,15,16). The van der Waals surface area contributed by atoms with Crippen LogP contribution in [0.15, 0.2) is 0 Å². The van der Waals surface area contributed by atoms with Crippen molar-refractivity contribution in [1.82, 2.24) is 5.32 Å². The molecule has 2 unspecified atom stereocenters. The van der Waals surface area contributed by atoms with Crippen molar-refractivity contribution >= 4 is 5.91 Å². The molecule has 0 saturated heterocycles. The van der Waals surface area contributed by atoms with Gasteiger partial charge >= 0.3 is 6.18 Å². The third kappa shape index (κ3) is 4.38. The number of nitrogens with one attached hydrogen (secondary N) is 1. The molecule has 1 amide bonds. The van der Waals surface area contributed by atoms with E-state index in [1.807, 2.05) is 5.32 Å². The quantitative estimate of drug-likeness (QED) is 0.717. The Bertz CT molecular complexity index is 243. The largest absolute Gasteiger partial charge is 0.405 e. The predicted octanol–water partition coefficient (Wildman–Crippen LogP) is 1.57. The molecule has 0 spiro atoms. The van der Waals surface area contributed by atoms with Gasteiger partial charge in [0, 0.05) is 6.04 Å². The summed E-state index contributed by atoms with van der Waals surface area (Å²) in [5.41, 5.74) is 5.78. The summed E-state index contributed by atoms with van der Waals surface area (Å²) in [4.78, 5) is 11.5. The zero-order valence-corrected chi connectivity index (χ0v) is 9.02. The lowest BCUT2D eigenvalue weighted by atomic mass is 9.94. The molecule has 3 nitrogen and oxygen atoms in total. The van der Waals surface area contributed by atoms with Gasteiger partial charge in [-0.15, -0.1) is 0 Å². The Morgan fingerprint density at radius 3 is 2.50 bits per heavy atom. The number of amides is 1. The Labute approximate surface area is 92.6 Å². The summed E-state index contributed by atoms with van der Waals surface area (Å²) in [5.74, 6) is -1.03. The fourth-order valence-electron chi connectivity index (χ4n) is 1.98. The van der Waals surface area contributed by atoms with Crippen molar-refractivity contribution in [2.75, 3.05) is 6.54 Å². The summed E-state index contributed by atoms with van der Waals surface area (Å²) in [5, 5.41) is 1.91. The Balaban J connectivity index is 2.45. The lowest BCUT2D eigenvalue weighted by molar-refractivity contribution is -0.141. The SMILES string of the molecule is NC1CCCCCC1C(=O)NCC(F)(F)F. The third-order valence-corrected chi connectivity index (χ3v) is 2.87. The molecule has 1 aliphatic rings. The normalized spacial score (nSPS) is 27.2. The lowest BCUT2D eigenvalue weighted by Gasteiger charge is -2.20. The van der Waals surface area contributed by atoms with Crippen molar-refractivity contribution in [3.63, 3.8) is 0 Å². The summed E-state index contributed by atoms with van der Waals surface area (Å²) in [6.07, 6.45) is -0.252. The van der Waals surface area contributed by atoms with Crippen molar-refractivity contribution in [2.45, 2.75) is 44.3 Å². The smallest absolute Gasteiger partial charge is 0.347 e. The highest BCUT2D eigenvalue weighted by Gasteiger charge is 2.31. The van der Waals surface area contributed by atoms with Crippen molar-refractivity contribution < 1.29 is 18.0 Å². The van der Waals surface area contributed by atoms with E-state index in [4.69, 9.17) is 5.73 Å². The first-order chi connectivity index (χ1) is 7.40. The summed E-state index contributed by atoms with van der Waals surface area (Å²) >= 11 is 0. The zero-order valence-electron chi connectivity index (χ0n) is 9.02. The Morgan fingerprint density at radius 1 is 1.25 bits per heavy atom. The average Bonchev–Trinajstić information content (AvgIpc) is 2.38. The van der Waals surface area contributed by atoms with E-state index < -0.39 is 24.5 Å². The van der Waals surface area contributed by atoms with Crippen molar-refractivity contribution in [3.8, 4) is 0 Å². The second-order valence-corrected chi connectivity index (χ2v) is 4.24. The number of alkyl halides is 3. The molecule has 1 saturated carbocycles. The molecule has 94 valence electrons. The first-order valence-corrected chi connectivity index (χ1v) is 5.50. The molecule has 0 radical (unpaired) electrons. The van der Waals surface area contributed by atoms with Gasteiger partial charge < -0.3 is 11.1 Å². The molecule has 1 rings (SSSR count). The fourth-order valence-corrected chi connectivity index (χ4v) is 1.98. The number of nitrogens with two attached hydrogens (primary N) is 1. The van der Waals surface area contributed by atoms with Gasteiger partial charge in [-0.05, 0) is 12.8 Å². The van der Waals surface area contributed by atoms with E-state index in [1.165, 1.54) is 0 Å². The van der Waals surface area contributed by atoms with Crippen LogP contribution in [0.5, 0.6) is 0 Å². The number of carbonyl (C=O) groups is 1. The van der Waals surface area contributed by atoms with Crippen molar-refractivity contribution in [1.29, 1.82) is 0 Å². The molecule has 0 heterocycles. The molecule has 2 atom stereocenters. The molecule has 1 fully saturated rings. The van der Waals surface area contributed by atoms with E-state index in [1.54, 1.807) is 0 Å². The number of hydrogen-bond donors (Lipinski definition) is 2. The summed E-state index contributed by atoms with van der Waals surface area (Å²) < 4.78 is 35.7. The predicted molar refractivity (Wildman–Crippen MR) is 53.6 cm³/mol. The number of rotatable bonds is 2. The van der Waals surface area contributed by atoms with Crippen LogP contribution in [0.2, 0.25) is 0 Å². The highest BCUT2D eigenvalue weighted by Crippen LogP contribution is 2.22. The third-order valence-electron chi connectivity index (χ3n) is 2.87. The van der Waals surface area contributed by atoms with E-state index in [0.717, 1.165) is 19.3 Å². The molecule has 0 bridgehead atoms. The maximum absolute atomic E-state index is 11.9. The monoisotopic (exact) mass is 238 g/mol. The zero-order chi connectivity index (χ0) is 12.2. The molecule has 0 aromatic heterocycles. The van der Waals surface area contributed by atoms with Gasteiger partial charge in [-0.3, -0.25) is 4.79 Å². The minimum Gasteiger partial charge on any atom is -0.347 e. The van der Waals surface area contributed by atoms with E-state index in [2.05, 4.69) is 0 Å². The summed E-state index contributed by atoms with van der Waals surface area (Å²) in [6.45, 7) is -1.27. The van der Waals surface area contributed by atoms with Gasteiger partial charge in [-0.25, -0.2) is 0 Å². The molecule has 0 aromatic carbocycles. The van der Waals surface area contributed by atoms with Crippen LogP contribution in [0.1, 0.15) is 32.1 Å².